The molecule has 0 fully saturated rings. The van der Waals surface area contributed by atoms with E-state index in [-0.39, 0.29) is 5.41 Å². The van der Waals surface area contributed by atoms with Gasteiger partial charge in [0.05, 0.1) is 5.69 Å². The highest BCUT2D eigenvalue weighted by Gasteiger charge is 2.24. The van der Waals surface area contributed by atoms with Gasteiger partial charge in [-0.3, -0.25) is 0 Å². The van der Waals surface area contributed by atoms with E-state index in [0.29, 0.717) is 0 Å². The van der Waals surface area contributed by atoms with E-state index >= 15 is 0 Å². The van der Waals surface area contributed by atoms with Crippen molar-refractivity contribution in [3.63, 3.8) is 0 Å². The van der Waals surface area contributed by atoms with Crippen molar-refractivity contribution in [3.8, 4) is 22.5 Å². The monoisotopic (exact) mass is 394 g/mol. The lowest BCUT2D eigenvalue weighted by molar-refractivity contribution is 0.575. The lowest BCUT2D eigenvalue weighted by Crippen LogP contribution is -2.15. The molecule has 0 amide bonds. The first kappa shape index (κ1) is 18.0. The number of benzene rings is 3. The van der Waals surface area contributed by atoms with Crippen LogP contribution in [0.3, 0.4) is 0 Å². The molecule has 5 aromatic rings. The van der Waals surface area contributed by atoms with Gasteiger partial charge in [0.25, 0.3) is 0 Å². The molecular weight excluding hydrogens is 372 g/mol. The Balaban J connectivity index is 1.68. The number of hydrogen-bond donors (Lipinski definition) is 0. The largest absolute Gasteiger partial charge is 0.232 e. The molecule has 0 aliphatic carbocycles. The average molecular weight is 395 g/mol. The second-order valence-electron chi connectivity index (χ2n) is 8.37. The van der Waals surface area contributed by atoms with Crippen molar-refractivity contribution in [1.82, 2.24) is 9.97 Å². The molecule has 2 aromatic heterocycles. The number of nitrogens with zero attached hydrogens (tertiary/aromatic N) is 2. The van der Waals surface area contributed by atoms with Gasteiger partial charge in [-0.2, -0.15) is 0 Å². The lowest BCUT2D eigenvalue weighted by atomic mass is 9.89. The molecule has 3 heteroatoms. The molecule has 0 saturated carbocycles. The molecule has 0 unspecified atom stereocenters. The zero-order chi connectivity index (χ0) is 20.0. The van der Waals surface area contributed by atoms with E-state index in [1.807, 2.05) is 6.07 Å². The molecular formula is C26H22N2S. The summed E-state index contributed by atoms with van der Waals surface area (Å²) in [4.78, 5) is 11.1. The van der Waals surface area contributed by atoms with Crippen LogP contribution in [0.2, 0.25) is 0 Å². The summed E-state index contributed by atoms with van der Waals surface area (Å²) in [5.74, 6) is 0.800. The van der Waals surface area contributed by atoms with Crippen LogP contribution in [0.1, 0.15) is 26.5 Å². The minimum Gasteiger partial charge on any atom is -0.232 e. The number of hydrogen-bond acceptors (Lipinski definition) is 3. The van der Waals surface area contributed by atoms with Crippen LogP contribution in [0, 0.1) is 0 Å². The summed E-state index contributed by atoms with van der Waals surface area (Å²) in [6.07, 6.45) is 0. The molecule has 142 valence electrons. The van der Waals surface area contributed by atoms with Gasteiger partial charge in [0, 0.05) is 26.5 Å². The van der Waals surface area contributed by atoms with Gasteiger partial charge in [-0.05, 0) is 17.2 Å². The molecule has 0 saturated heterocycles. The van der Waals surface area contributed by atoms with Gasteiger partial charge < -0.3 is 0 Å². The second kappa shape index (κ2) is 6.78. The number of fused-ring (bicyclic) bond motifs is 3. The standard InChI is InChI=1S/C26H22N2S/c1-26(2,3)23-22-20-11-7-8-12-21(20)29-25(22)28-24(27-23)19-15-13-18(14-16-19)17-9-5-4-6-10-17/h4-16H,1-3H3. The van der Waals surface area contributed by atoms with Gasteiger partial charge in [0.2, 0.25) is 0 Å². The first-order chi connectivity index (χ1) is 14.0. The normalized spacial score (nSPS) is 12.0. The summed E-state index contributed by atoms with van der Waals surface area (Å²) in [7, 11) is 0. The Morgan fingerprint density at radius 1 is 0.655 bits per heavy atom. The van der Waals surface area contributed by atoms with Gasteiger partial charge in [-0.1, -0.05) is 93.6 Å². The van der Waals surface area contributed by atoms with Gasteiger partial charge in [0.15, 0.2) is 5.82 Å². The van der Waals surface area contributed by atoms with E-state index in [4.69, 9.17) is 9.97 Å². The van der Waals surface area contributed by atoms with Crippen LogP contribution in [-0.4, -0.2) is 9.97 Å². The van der Waals surface area contributed by atoms with Crippen LogP contribution in [0.25, 0.3) is 42.8 Å². The number of aromatic nitrogens is 2. The summed E-state index contributed by atoms with van der Waals surface area (Å²) < 4.78 is 1.26. The van der Waals surface area contributed by atoms with Crippen LogP contribution in [-0.2, 0) is 5.41 Å². The molecule has 0 aliphatic heterocycles. The Hall–Kier alpha value is -3.04. The molecule has 0 bridgehead atoms. The van der Waals surface area contributed by atoms with Crippen molar-refractivity contribution in [2.75, 3.05) is 0 Å². The predicted molar refractivity (Wildman–Crippen MR) is 124 cm³/mol. The number of thiophene rings is 1. The fourth-order valence-corrected chi connectivity index (χ4v) is 4.81. The van der Waals surface area contributed by atoms with E-state index < -0.39 is 0 Å². The van der Waals surface area contributed by atoms with Crippen LogP contribution in [0.4, 0.5) is 0 Å². The minimum atomic E-state index is -0.0657. The highest BCUT2D eigenvalue weighted by molar-refractivity contribution is 7.25. The topological polar surface area (TPSA) is 25.8 Å². The molecule has 0 spiro atoms. The van der Waals surface area contributed by atoms with Crippen LogP contribution in [0.5, 0.6) is 0 Å². The van der Waals surface area contributed by atoms with Crippen molar-refractivity contribution in [2.45, 2.75) is 26.2 Å². The maximum atomic E-state index is 5.06. The van der Waals surface area contributed by atoms with Gasteiger partial charge >= 0.3 is 0 Å². The first-order valence-electron chi connectivity index (χ1n) is 9.86. The molecule has 0 radical (unpaired) electrons. The number of rotatable bonds is 2. The fraction of sp³-hybridized carbons (Fsp3) is 0.154. The molecule has 3 aromatic carbocycles. The maximum Gasteiger partial charge on any atom is 0.161 e. The van der Waals surface area contributed by atoms with Crippen molar-refractivity contribution in [3.05, 3.63) is 84.6 Å². The predicted octanol–water partition coefficient (Wildman–Crippen LogP) is 7.48. The minimum absolute atomic E-state index is 0.0657. The highest BCUT2D eigenvalue weighted by atomic mass is 32.1. The van der Waals surface area contributed by atoms with E-state index in [9.17, 15) is 0 Å². The Labute approximate surface area is 174 Å². The molecule has 0 aliphatic rings. The first-order valence-corrected chi connectivity index (χ1v) is 10.7. The Morgan fingerprint density at radius 3 is 2.00 bits per heavy atom. The molecule has 29 heavy (non-hydrogen) atoms. The second-order valence-corrected chi connectivity index (χ2v) is 9.40. The zero-order valence-electron chi connectivity index (χ0n) is 16.8. The Bertz CT molecular complexity index is 1310. The molecule has 2 nitrogen and oxygen atoms in total. The van der Waals surface area contributed by atoms with E-state index in [0.717, 1.165) is 21.9 Å². The van der Waals surface area contributed by atoms with Crippen molar-refractivity contribution >= 4 is 31.6 Å². The summed E-state index contributed by atoms with van der Waals surface area (Å²) in [5, 5.41) is 2.45. The Kier molecular flexibility index (Phi) is 4.21. The van der Waals surface area contributed by atoms with Crippen molar-refractivity contribution in [1.29, 1.82) is 0 Å². The molecule has 0 N–H and O–H groups in total. The van der Waals surface area contributed by atoms with E-state index in [1.165, 1.54) is 26.6 Å². The highest BCUT2D eigenvalue weighted by Crippen LogP contribution is 2.39. The van der Waals surface area contributed by atoms with Crippen LogP contribution in [0.15, 0.2) is 78.9 Å². The van der Waals surface area contributed by atoms with Crippen molar-refractivity contribution in [2.24, 2.45) is 0 Å². The quantitative estimate of drug-likeness (QED) is 0.310. The lowest BCUT2D eigenvalue weighted by Gasteiger charge is -2.20. The smallest absolute Gasteiger partial charge is 0.161 e. The summed E-state index contributed by atoms with van der Waals surface area (Å²) in [6, 6.07) is 27.5. The molecule has 2 heterocycles. The third kappa shape index (κ3) is 3.22. The zero-order valence-corrected chi connectivity index (χ0v) is 17.6. The maximum absolute atomic E-state index is 5.06. The average Bonchev–Trinajstić information content (AvgIpc) is 3.11. The van der Waals surface area contributed by atoms with Crippen LogP contribution >= 0.6 is 11.3 Å². The van der Waals surface area contributed by atoms with E-state index in [2.05, 4.69) is 93.6 Å². The molecule has 0 atom stereocenters. The van der Waals surface area contributed by atoms with Gasteiger partial charge in [-0.25, -0.2) is 9.97 Å². The van der Waals surface area contributed by atoms with Crippen LogP contribution < -0.4 is 0 Å². The van der Waals surface area contributed by atoms with Crippen molar-refractivity contribution < 1.29 is 0 Å². The van der Waals surface area contributed by atoms with Gasteiger partial charge in [-0.15, -0.1) is 11.3 Å². The SMILES string of the molecule is CC(C)(C)c1nc(-c2ccc(-c3ccccc3)cc2)nc2sc3ccccc3c12. The van der Waals surface area contributed by atoms with E-state index in [1.54, 1.807) is 11.3 Å². The third-order valence-electron chi connectivity index (χ3n) is 5.20. The summed E-state index contributed by atoms with van der Waals surface area (Å²) >= 11 is 1.75. The summed E-state index contributed by atoms with van der Waals surface area (Å²) in [5.41, 5.74) is 4.52. The van der Waals surface area contributed by atoms with Gasteiger partial charge in [0.1, 0.15) is 4.83 Å². The third-order valence-corrected chi connectivity index (χ3v) is 6.26. The Morgan fingerprint density at radius 2 is 1.28 bits per heavy atom. The molecule has 5 rings (SSSR count). The summed E-state index contributed by atoms with van der Waals surface area (Å²) in [6.45, 7) is 6.68. The fourth-order valence-electron chi connectivity index (χ4n) is 3.74.